The molecule has 0 fully saturated rings. The summed E-state index contributed by atoms with van der Waals surface area (Å²) < 4.78 is 0. The van der Waals surface area contributed by atoms with Gasteiger partial charge in [0.2, 0.25) is 0 Å². The van der Waals surface area contributed by atoms with Crippen LogP contribution in [0.4, 0.5) is 0 Å². The highest BCUT2D eigenvalue weighted by molar-refractivity contribution is 6.31. The van der Waals surface area contributed by atoms with Crippen LogP contribution in [0.2, 0.25) is 5.02 Å². The van der Waals surface area contributed by atoms with Crippen molar-refractivity contribution in [3.8, 4) is 0 Å². The lowest BCUT2D eigenvalue weighted by atomic mass is 9.96. The van der Waals surface area contributed by atoms with Crippen molar-refractivity contribution >= 4 is 22.5 Å². The average molecular weight is 222 g/mol. The molecule has 1 aromatic carbocycles. The fourth-order valence-electron chi connectivity index (χ4n) is 2.11. The Kier molecular flexibility index (Phi) is 3.01. The van der Waals surface area contributed by atoms with Gasteiger partial charge in [-0.15, -0.1) is 0 Å². The molecule has 1 heterocycles. The van der Waals surface area contributed by atoms with E-state index in [1.54, 1.807) is 0 Å². The van der Waals surface area contributed by atoms with E-state index in [-0.39, 0.29) is 0 Å². The first kappa shape index (κ1) is 10.6. The van der Waals surface area contributed by atoms with E-state index >= 15 is 0 Å². The number of fused-ring (bicyclic) bond motifs is 1. The summed E-state index contributed by atoms with van der Waals surface area (Å²) in [7, 11) is 0. The number of aromatic amines is 1. The first-order valence-corrected chi connectivity index (χ1v) is 5.86. The summed E-state index contributed by atoms with van der Waals surface area (Å²) in [5, 5.41) is 2.08. The summed E-state index contributed by atoms with van der Waals surface area (Å²) in [5.41, 5.74) is 2.56. The predicted molar refractivity (Wildman–Crippen MR) is 66.6 cm³/mol. The standard InChI is InChI=1S/C13H16ClN/c1-3-4-9(2)12-8-15-13-6-5-10(14)7-11(12)13/h5-9,15H,3-4H2,1-2H3. The second-order valence-electron chi connectivity index (χ2n) is 4.12. The topological polar surface area (TPSA) is 15.8 Å². The van der Waals surface area contributed by atoms with E-state index < -0.39 is 0 Å². The van der Waals surface area contributed by atoms with Crippen LogP contribution >= 0.6 is 11.6 Å². The lowest BCUT2D eigenvalue weighted by molar-refractivity contribution is 0.669. The Balaban J connectivity index is 2.47. The Labute approximate surface area is 95.5 Å². The van der Waals surface area contributed by atoms with Crippen molar-refractivity contribution in [2.75, 3.05) is 0 Å². The molecule has 0 bridgehead atoms. The summed E-state index contributed by atoms with van der Waals surface area (Å²) in [5.74, 6) is 0.599. The van der Waals surface area contributed by atoms with Crippen LogP contribution in [-0.4, -0.2) is 4.98 Å². The zero-order valence-electron chi connectivity index (χ0n) is 9.18. The number of hydrogen-bond donors (Lipinski definition) is 1. The van der Waals surface area contributed by atoms with E-state index in [9.17, 15) is 0 Å². The highest BCUT2D eigenvalue weighted by Crippen LogP contribution is 2.29. The number of rotatable bonds is 3. The van der Waals surface area contributed by atoms with Crippen LogP contribution in [0.25, 0.3) is 10.9 Å². The second-order valence-corrected chi connectivity index (χ2v) is 4.56. The van der Waals surface area contributed by atoms with Crippen molar-refractivity contribution < 1.29 is 0 Å². The molecule has 0 amide bonds. The molecule has 0 aliphatic carbocycles. The summed E-state index contributed by atoms with van der Waals surface area (Å²) in [6, 6.07) is 6.02. The quantitative estimate of drug-likeness (QED) is 0.772. The van der Waals surface area contributed by atoms with E-state index in [1.807, 2.05) is 12.1 Å². The second kappa shape index (κ2) is 4.28. The number of benzene rings is 1. The van der Waals surface area contributed by atoms with Gasteiger partial charge in [0.15, 0.2) is 0 Å². The van der Waals surface area contributed by atoms with Gasteiger partial charge in [-0.3, -0.25) is 0 Å². The molecule has 1 atom stereocenters. The van der Waals surface area contributed by atoms with Crippen LogP contribution in [0.15, 0.2) is 24.4 Å². The van der Waals surface area contributed by atoms with Gasteiger partial charge >= 0.3 is 0 Å². The van der Waals surface area contributed by atoms with Gasteiger partial charge in [0, 0.05) is 22.1 Å². The smallest absolute Gasteiger partial charge is 0.0457 e. The summed E-state index contributed by atoms with van der Waals surface area (Å²) in [6.07, 6.45) is 4.55. The molecule has 1 nitrogen and oxygen atoms in total. The Bertz CT molecular complexity index is 459. The van der Waals surface area contributed by atoms with Gasteiger partial charge in [-0.25, -0.2) is 0 Å². The molecular formula is C13H16ClN. The maximum atomic E-state index is 6.02. The third-order valence-corrected chi connectivity index (χ3v) is 3.16. The van der Waals surface area contributed by atoms with Crippen LogP contribution in [0.5, 0.6) is 0 Å². The summed E-state index contributed by atoms with van der Waals surface area (Å²) in [6.45, 7) is 4.49. The fraction of sp³-hybridized carbons (Fsp3) is 0.385. The van der Waals surface area contributed by atoms with Gasteiger partial charge in [0.05, 0.1) is 0 Å². The minimum Gasteiger partial charge on any atom is -0.361 e. The highest BCUT2D eigenvalue weighted by atomic mass is 35.5. The molecule has 2 aromatic rings. The molecule has 15 heavy (non-hydrogen) atoms. The Hall–Kier alpha value is -0.950. The van der Waals surface area contributed by atoms with E-state index in [0.717, 1.165) is 5.02 Å². The maximum absolute atomic E-state index is 6.02. The number of H-pyrrole nitrogens is 1. The van der Waals surface area contributed by atoms with E-state index in [0.29, 0.717) is 5.92 Å². The zero-order chi connectivity index (χ0) is 10.8. The van der Waals surface area contributed by atoms with E-state index in [2.05, 4.69) is 31.1 Å². The van der Waals surface area contributed by atoms with Crippen LogP contribution in [0.1, 0.15) is 38.2 Å². The minimum absolute atomic E-state index is 0.599. The Morgan fingerprint density at radius 2 is 2.20 bits per heavy atom. The van der Waals surface area contributed by atoms with Crippen molar-refractivity contribution in [1.82, 2.24) is 4.98 Å². The van der Waals surface area contributed by atoms with Crippen LogP contribution in [-0.2, 0) is 0 Å². The van der Waals surface area contributed by atoms with Crippen molar-refractivity contribution in [3.63, 3.8) is 0 Å². The average Bonchev–Trinajstić information content (AvgIpc) is 2.60. The SMILES string of the molecule is CCCC(C)c1c[nH]c2ccc(Cl)cc12. The van der Waals surface area contributed by atoms with Gasteiger partial charge in [0.25, 0.3) is 0 Å². The largest absolute Gasteiger partial charge is 0.361 e. The first-order valence-electron chi connectivity index (χ1n) is 5.49. The lowest BCUT2D eigenvalue weighted by Crippen LogP contribution is -1.90. The molecule has 2 heteroatoms. The molecule has 0 spiro atoms. The van der Waals surface area contributed by atoms with Crippen molar-refractivity contribution in [3.05, 3.63) is 35.0 Å². The molecule has 1 N–H and O–H groups in total. The zero-order valence-corrected chi connectivity index (χ0v) is 9.93. The molecule has 2 rings (SSSR count). The molecule has 0 aliphatic rings. The van der Waals surface area contributed by atoms with Gasteiger partial charge in [-0.2, -0.15) is 0 Å². The Morgan fingerprint density at radius 1 is 1.40 bits per heavy atom. The molecule has 80 valence electrons. The number of halogens is 1. The number of nitrogens with one attached hydrogen (secondary N) is 1. The van der Waals surface area contributed by atoms with Crippen LogP contribution < -0.4 is 0 Å². The predicted octanol–water partition coefficient (Wildman–Crippen LogP) is 4.72. The van der Waals surface area contributed by atoms with Gasteiger partial charge in [-0.1, -0.05) is 31.9 Å². The van der Waals surface area contributed by atoms with Gasteiger partial charge in [0.1, 0.15) is 0 Å². The minimum atomic E-state index is 0.599. The summed E-state index contributed by atoms with van der Waals surface area (Å²) in [4.78, 5) is 3.30. The number of hydrogen-bond acceptors (Lipinski definition) is 0. The van der Waals surface area contributed by atoms with E-state index in [1.165, 1.54) is 29.3 Å². The van der Waals surface area contributed by atoms with Crippen molar-refractivity contribution in [1.29, 1.82) is 0 Å². The molecule has 1 aromatic heterocycles. The van der Waals surface area contributed by atoms with Gasteiger partial charge in [-0.05, 0) is 36.1 Å². The normalized spacial score (nSPS) is 13.3. The van der Waals surface area contributed by atoms with Crippen molar-refractivity contribution in [2.45, 2.75) is 32.6 Å². The lowest BCUT2D eigenvalue weighted by Gasteiger charge is -2.08. The van der Waals surface area contributed by atoms with Crippen molar-refractivity contribution in [2.24, 2.45) is 0 Å². The molecular weight excluding hydrogens is 206 g/mol. The molecule has 1 unspecified atom stereocenters. The monoisotopic (exact) mass is 221 g/mol. The van der Waals surface area contributed by atoms with E-state index in [4.69, 9.17) is 11.6 Å². The summed E-state index contributed by atoms with van der Waals surface area (Å²) >= 11 is 6.02. The third kappa shape index (κ3) is 2.03. The molecule has 0 radical (unpaired) electrons. The van der Waals surface area contributed by atoms with Gasteiger partial charge < -0.3 is 4.98 Å². The highest BCUT2D eigenvalue weighted by Gasteiger charge is 2.10. The maximum Gasteiger partial charge on any atom is 0.0457 e. The third-order valence-electron chi connectivity index (χ3n) is 2.93. The van der Waals surface area contributed by atoms with Crippen LogP contribution in [0.3, 0.4) is 0 Å². The first-order chi connectivity index (χ1) is 7.22. The number of aromatic nitrogens is 1. The molecule has 0 aliphatic heterocycles. The molecule has 0 saturated carbocycles. The fourth-order valence-corrected chi connectivity index (χ4v) is 2.28. The Morgan fingerprint density at radius 3 is 2.93 bits per heavy atom. The van der Waals surface area contributed by atoms with Crippen LogP contribution in [0, 0.1) is 0 Å². The molecule has 0 saturated heterocycles.